The van der Waals surface area contributed by atoms with E-state index in [1.54, 1.807) is 0 Å². The predicted molar refractivity (Wildman–Crippen MR) is 55.1 cm³/mol. The topological polar surface area (TPSA) is 0 Å². The van der Waals surface area contributed by atoms with Crippen LogP contribution in [0.3, 0.4) is 0 Å². The fourth-order valence-corrected chi connectivity index (χ4v) is 1.89. The molecule has 0 aliphatic heterocycles. The summed E-state index contributed by atoms with van der Waals surface area (Å²) in [6.45, 7) is 9.97. The molecule has 1 aliphatic carbocycles. The Bertz CT molecular complexity index is 170. The number of rotatable bonds is 4. The van der Waals surface area contributed by atoms with Crippen LogP contribution in [0.15, 0.2) is 24.3 Å². The summed E-state index contributed by atoms with van der Waals surface area (Å²) < 4.78 is 0. The summed E-state index contributed by atoms with van der Waals surface area (Å²) in [7, 11) is 0. The largest absolute Gasteiger partial charge is 0.0959 e. The van der Waals surface area contributed by atoms with Gasteiger partial charge in [0, 0.05) is 0 Å². The molecule has 0 bridgehead atoms. The zero-order chi connectivity index (χ0) is 8.97. The molecule has 12 heavy (non-hydrogen) atoms. The molecule has 0 amide bonds. The van der Waals surface area contributed by atoms with Crippen LogP contribution < -0.4 is 0 Å². The van der Waals surface area contributed by atoms with Crippen LogP contribution in [-0.2, 0) is 0 Å². The fourth-order valence-electron chi connectivity index (χ4n) is 1.89. The van der Waals surface area contributed by atoms with E-state index in [1.165, 1.54) is 44.1 Å². The van der Waals surface area contributed by atoms with Gasteiger partial charge in [0.15, 0.2) is 0 Å². The Morgan fingerprint density at radius 3 is 2.33 bits per heavy atom. The molecule has 0 atom stereocenters. The average molecular weight is 164 g/mol. The molecule has 0 aromatic heterocycles. The van der Waals surface area contributed by atoms with Crippen molar-refractivity contribution in [3.63, 3.8) is 0 Å². The first-order valence-electron chi connectivity index (χ1n) is 5.04. The molecule has 1 rings (SSSR count). The highest BCUT2D eigenvalue weighted by Gasteiger charge is 2.14. The van der Waals surface area contributed by atoms with Crippen LogP contribution in [0.5, 0.6) is 0 Å². The molecule has 0 radical (unpaired) electrons. The van der Waals surface area contributed by atoms with Gasteiger partial charge < -0.3 is 0 Å². The SMILES string of the molecule is C=C(C)C(=C)CCC1CCCC1. The van der Waals surface area contributed by atoms with Gasteiger partial charge in [0.05, 0.1) is 0 Å². The van der Waals surface area contributed by atoms with E-state index in [9.17, 15) is 0 Å². The van der Waals surface area contributed by atoms with Crippen molar-refractivity contribution in [1.29, 1.82) is 0 Å². The van der Waals surface area contributed by atoms with Gasteiger partial charge in [-0.05, 0) is 25.7 Å². The van der Waals surface area contributed by atoms with Gasteiger partial charge in [0.1, 0.15) is 0 Å². The molecule has 0 nitrogen and oxygen atoms in total. The Morgan fingerprint density at radius 1 is 1.25 bits per heavy atom. The maximum Gasteiger partial charge on any atom is -0.0280 e. The summed E-state index contributed by atoms with van der Waals surface area (Å²) >= 11 is 0. The van der Waals surface area contributed by atoms with Gasteiger partial charge in [-0.15, -0.1) is 0 Å². The second kappa shape index (κ2) is 4.49. The van der Waals surface area contributed by atoms with E-state index in [4.69, 9.17) is 0 Å². The Labute approximate surface area is 76.4 Å². The molecule has 68 valence electrons. The first-order chi connectivity index (χ1) is 5.70. The summed E-state index contributed by atoms with van der Waals surface area (Å²) in [4.78, 5) is 0. The molecular weight excluding hydrogens is 144 g/mol. The van der Waals surface area contributed by atoms with Crippen LogP contribution in [0.25, 0.3) is 0 Å². The third-order valence-electron chi connectivity index (χ3n) is 2.93. The van der Waals surface area contributed by atoms with Gasteiger partial charge >= 0.3 is 0 Å². The van der Waals surface area contributed by atoms with Gasteiger partial charge in [-0.25, -0.2) is 0 Å². The highest BCUT2D eigenvalue weighted by molar-refractivity contribution is 5.22. The lowest BCUT2D eigenvalue weighted by molar-refractivity contribution is 0.504. The lowest BCUT2D eigenvalue weighted by atomic mass is 9.96. The van der Waals surface area contributed by atoms with Crippen molar-refractivity contribution in [2.75, 3.05) is 0 Å². The van der Waals surface area contributed by atoms with Crippen molar-refractivity contribution < 1.29 is 0 Å². The molecule has 0 N–H and O–H groups in total. The van der Waals surface area contributed by atoms with E-state index in [-0.39, 0.29) is 0 Å². The molecule has 0 aromatic rings. The minimum absolute atomic E-state index is 0.987. The van der Waals surface area contributed by atoms with Crippen LogP contribution in [0, 0.1) is 5.92 Å². The molecule has 1 fully saturated rings. The lowest BCUT2D eigenvalue weighted by Gasteiger charge is -2.09. The number of hydrogen-bond donors (Lipinski definition) is 0. The fraction of sp³-hybridized carbons (Fsp3) is 0.667. The van der Waals surface area contributed by atoms with E-state index in [0.29, 0.717) is 0 Å². The third kappa shape index (κ3) is 2.84. The lowest BCUT2D eigenvalue weighted by Crippen LogP contribution is -1.94. The van der Waals surface area contributed by atoms with Gasteiger partial charge in [0.2, 0.25) is 0 Å². The molecule has 0 aromatic carbocycles. The predicted octanol–water partition coefficient (Wildman–Crippen LogP) is 4.09. The number of hydrogen-bond acceptors (Lipinski definition) is 0. The maximum atomic E-state index is 4.02. The highest BCUT2D eigenvalue weighted by Crippen LogP contribution is 2.30. The van der Waals surface area contributed by atoms with E-state index >= 15 is 0 Å². The number of allylic oxidation sites excluding steroid dienone is 2. The van der Waals surface area contributed by atoms with Crippen LogP contribution in [0.4, 0.5) is 0 Å². The summed E-state index contributed by atoms with van der Waals surface area (Å²) in [5.41, 5.74) is 2.41. The van der Waals surface area contributed by atoms with Crippen molar-refractivity contribution in [1.82, 2.24) is 0 Å². The normalized spacial score (nSPS) is 18.1. The first kappa shape index (κ1) is 9.57. The molecule has 0 saturated heterocycles. The second-order valence-corrected chi connectivity index (χ2v) is 4.07. The minimum Gasteiger partial charge on any atom is -0.0959 e. The van der Waals surface area contributed by atoms with E-state index < -0.39 is 0 Å². The Balaban J connectivity index is 2.16. The highest BCUT2D eigenvalue weighted by atomic mass is 14.2. The van der Waals surface area contributed by atoms with Gasteiger partial charge in [-0.1, -0.05) is 50.0 Å². The van der Waals surface area contributed by atoms with Crippen molar-refractivity contribution in [3.8, 4) is 0 Å². The second-order valence-electron chi connectivity index (χ2n) is 4.07. The summed E-state index contributed by atoms with van der Waals surface area (Å²) in [5.74, 6) is 0.987. The third-order valence-corrected chi connectivity index (χ3v) is 2.93. The van der Waals surface area contributed by atoms with E-state index in [0.717, 1.165) is 11.5 Å². The first-order valence-corrected chi connectivity index (χ1v) is 5.04. The Kier molecular flexibility index (Phi) is 3.58. The zero-order valence-electron chi connectivity index (χ0n) is 8.23. The summed E-state index contributed by atoms with van der Waals surface area (Å²) in [6.07, 6.45) is 8.30. The Morgan fingerprint density at radius 2 is 1.83 bits per heavy atom. The quantitative estimate of drug-likeness (QED) is 0.549. The van der Waals surface area contributed by atoms with Crippen molar-refractivity contribution in [3.05, 3.63) is 24.3 Å². The summed E-state index contributed by atoms with van der Waals surface area (Å²) in [6, 6.07) is 0. The van der Waals surface area contributed by atoms with Gasteiger partial charge in [-0.2, -0.15) is 0 Å². The molecule has 1 aliphatic rings. The van der Waals surface area contributed by atoms with E-state index in [2.05, 4.69) is 20.1 Å². The average Bonchev–Trinajstić information content (AvgIpc) is 2.51. The van der Waals surface area contributed by atoms with Crippen LogP contribution >= 0.6 is 0 Å². The summed E-state index contributed by atoms with van der Waals surface area (Å²) in [5, 5.41) is 0. The van der Waals surface area contributed by atoms with Crippen molar-refractivity contribution in [2.45, 2.75) is 45.4 Å². The van der Waals surface area contributed by atoms with Crippen LogP contribution in [-0.4, -0.2) is 0 Å². The molecule has 0 spiro atoms. The van der Waals surface area contributed by atoms with Crippen molar-refractivity contribution >= 4 is 0 Å². The maximum absolute atomic E-state index is 4.02. The molecule has 0 heteroatoms. The Hall–Kier alpha value is -0.520. The standard InChI is InChI=1S/C12H20/c1-10(2)11(3)8-9-12-6-4-5-7-12/h12H,1,3-9H2,2H3. The van der Waals surface area contributed by atoms with Gasteiger partial charge in [-0.3, -0.25) is 0 Å². The molecule has 1 saturated carbocycles. The van der Waals surface area contributed by atoms with E-state index in [1.807, 2.05) is 0 Å². The van der Waals surface area contributed by atoms with Crippen LogP contribution in [0.2, 0.25) is 0 Å². The smallest absolute Gasteiger partial charge is 0.0280 e. The van der Waals surface area contributed by atoms with Gasteiger partial charge in [0.25, 0.3) is 0 Å². The van der Waals surface area contributed by atoms with Crippen LogP contribution in [0.1, 0.15) is 45.4 Å². The molecule has 0 unspecified atom stereocenters. The van der Waals surface area contributed by atoms with Crippen molar-refractivity contribution in [2.24, 2.45) is 5.92 Å². The monoisotopic (exact) mass is 164 g/mol. The minimum atomic E-state index is 0.987. The molecule has 0 heterocycles. The molecular formula is C12H20. The zero-order valence-corrected chi connectivity index (χ0v) is 8.23.